The van der Waals surface area contributed by atoms with Crippen molar-refractivity contribution in [3.05, 3.63) is 133 Å². The minimum absolute atomic E-state index is 0.184. The third-order valence-electron chi connectivity index (χ3n) is 7.61. The SMILES string of the molecule is Oc1ccccc1-c1cc(-c2ccc(-c3nc(-c4ccccc4)nc4ccccc34)cc2)c2oc3ccccc3c2n1. The van der Waals surface area contributed by atoms with Gasteiger partial charge in [0.15, 0.2) is 11.4 Å². The van der Waals surface area contributed by atoms with E-state index in [0.29, 0.717) is 22.7 Å². The van der Waals surface area contributed by atoms with Crippen LogP contribution in [0.5, 0.6) is 5.75 Å². The fraction of sp³-hybridized carbons (Fsp3) is 0. The van der Waals surface area contributed by atoms with Gasteiger partial charge in [0, 0.05) is 33.0 Å². The second kappa shape index (κ2) is 9.68. The van der Waals surface area contributed by atoms with Crippen LogP contribution in [-0.2, 0) is 0 Å². The highest BCUT2D eigenvalue weighted by atomic mass is 16.3. The molecule has 1 N–H and O–H groups in total. The number of nitrogens with zero attached hydrogens (tertiary/aromatic N) is 3. The lowest BCUT2D eigenvalue weighted by atomic mass is 9.98. The minimum atomic E-state index is 0.184. The van der Waals surface area contributed by atoms with E-state index >= 15 is 0 Å². The van der Waals surface area contributed by atoms with Gasteiger partial charge in [-0.1, -0.05) is 97.1 Å². The molecule has 0 spiro atoms. The van der Waals surface area contributed by atoms with E-state index in [-0.39, 0.29) is 5.75 Å². The molecule has 8 rings (SSSR count). The Hall–Kier alpha value is -5.81. The Morgan fingerprint density at radius 3 is 2.05 bits per heavy atom. The van der Waals surface area contributed by atoms with Gasteiger partial charge in [0.25, 0.3) is 0 Å². The number of benzene rings is 5. The Bertz CT molecular complexity index is 2250. The van der Waals surface area contributed by atoms with Crippen LogP contribution in [0, 0.1) is 0 Å². The lowest BCUT2D eigenvalue weighted by molar-refractivity contribution is 0.477. The normalized spacial score (nSPS) is 11.4. The van der Waals surface area contributed by atoms with Crippen molar-refractivity contribution < 1.29 is 9.52 Å². The number of hydrogen-bond acceptors (Lipinski definition) is 5. The molecule has 0 amide bonds. The standard InChI is InChI=1S/C37H23N3O2/c41-32-16-8-5-12-26(32)31-22-29(36-35(38-31)28-14-6-9-17-33(28)42-36)23-18-20-24(21-19-23)34-27-13-4-7-15-30(27)39-37(40-34)25-10-2-1-3-11-25/h1-22,41H. The third kappa shape index (κ3) is 3.99. The number of para-hydroxylation sites is 3. The quantitative estimate of drug-likeness (QED) is 0.240. The van der Waals surface area contributed by atoms with Crippen molar-refractivity contribution >= 4 is 33.0 Å². The Labute approximate surface area is 241 Å². The number of aromatic nitrogens is 3. The molecule has 0 atom stereocenters. The predicted octanol–water partition coefficient (Wildman–Crippen LogP) is 9.30. The van der Waals surface area contributed by atoms with Gasteiger partial charge < -0.3 is 9.52 Å². The van der Waals surface area contributed by atoms with E-state index in [1.54, 1.807) is 6.07 Å². The zero-order valence-corrected chi connectivity index (χ0v) is 22.4. The van der Waals surface area contributed by atoms with Crippen LogP contribution in [0.4, 0.5) is 0 Å². The van der Waals surface area contributed by atoms with Gasteiger partial charge >= 0.3 is 0 Å². The summed E-state index contributed by atoms with van der Waals surface area (Å²) in [6.45, 7) is 0. The number of fused-ring (bicyclic) bond motifs is 4. The summed E-state index contributed by atoms with van der Waals surface area (Å²) in [5, 5.41) is 12.6. The molecule has 8 aromatic rings. The Morgan fingerprint density at radius 1 is 0.524 bits per heavy atom. The first-order valence-electron chi connectivity index (χ1n) is 13.8. The molecule has 3 aromatic heterocycles. The van der Waals surface area contributed by atoms with E-state index in [2.05, 4.69) is 30.3 Å². The number of aromatic hydroxyl groups is 1. The van der Waals surface area contributed by atoms with Crippen LogP contribution in [0.15, 0.2) is 138 Å². The summed E-state index contributed by atoms with van der Waals surface area (Å²) in [7, 11) is 0. The Balaban J connectivity index is 1.31. The number of phenols is 1. The van der Waals surface area contributed by atoms with Crippen LogP contribution in [0.25, 0.3) is 78.0 Å². The van der Waals surface area contributed by atoms with E-state index in [1.165, 1.54) is 0 Å². The number of rotatable bonds is 4. The topological polar surface area (TPSA) is 72.0 Å². The zero-order valence-electron chi connectivity index (χ0n) is 22.4. The summed E-state index contributed by atoms with van der Waals surface area (Å²) in [6, 6.07) is 43.7. The fourth-order valence-electron chi connectivity index (χ4n) is 5.54. The minimum Gasteiger partial charge on any atom is -0.507 e. The molecule has 0 aliphatic rings. The van der Waals surface area contributed by atoms with Gasteiger partial charge in [0.1, 0.15) is 16.8 Å². The highest BCUT2D eigenvalue weighted by Gasteiger charge is 2.18. The van der Waals surface area contributed by atoms with E-state index < -0.39 is 0 Å². The molecule has 0 bridgehead atoms. The molecule has 0 fully saturated rings. The first-order valence-corrected chi connectivity index (χ1v) is 13.8. The number of hydrogen-bond donors (Lipinski definition) is 1. The van der Waals surface area contributed by atoms with Crippen LogP contribution in [0.3, 0.4) is 0 Å². The smallest absolute Gasteiger partial charge is 0.161 e. The summed E-state index contributed by atoms with van der Waals surface area (Å²) in [4.78, 5) is 14.8. The third-order valence-corrected chi connectivity index (χ3v) is 7.61. The average Bonchev–Trinajstić information content (AvgIpc) is 3.43. The Morgan fingerprint density at radius 2 is 1.21 bits per heavy atom. The molecule has 42 heavy (non-hydrogen) atoms. The van der Waals surface area contributed by atoms with Crippen molar-refractivity contribution in [2.45, 2.75) is 0 Å². The summed E-state index contributed by atoms with van der Waals surface area (Å²) < 4.78 is 6.35. The van der Waals surface area contributed by atoms with Crippen molar-refractivity contribution in [3.8, 4) is 50.8 Å². The monoisotopic (exact) mass is 541 g/mol. The van der Waals surface area contributed by atoms with Gasteiger partial charge in [-0.15, -0.1) is 0 Å². The van der Waals surface area contributed by atoms with E-state index in [0.717, 1.165) is 55.3 Å². The van der Waals surface area contributed by atoms with Crippen molar-refractivity contribution in [3.63, 3.8) is 0 Å². The van der Waals surface area contributed by atoms with E-state index in [1.807, 2.05) is 97.1 Å². The van der Waals surface area contributed by atoms with Gasteiger partial charge in [0.2, 0.25) is 0 Å². The number of pyridine rings is 1. The second-order valence-electron chi connectivity index (χ2n) is 10.2. The van der Waals surface area contributed by atoms with Crippen molar-refractivity contribution in [1.82, 2.24) is 15.0 Å². The maximum absolute atomic E-state index is 10.6. The maximum Gasteiger partial charge on any atom is 0.161 e. The largest absolute Gasteiger partial charge is 0.507 e. The van der Waals surface area contributed by atoms with Gasteiger partial charge in [-0.05, 0) is 42.0 Å². The molecule has 0 saturated heterocycles. The molecule has 198 valence electrons. The van der Waals surface area contributed by atoms with Crippen molar-refractivity contribution in [2.24, 2.45) is 0 Å². The second-order valence-corrected chi connectivity index (χ2v) is 10.2. The van der Waals surface area contributed by atoms with Crippen LogP contribution in [0.2, 0.25) is 0 Å². The highest BCUT2D eigenvalue weighted by molar-refractivity contribution is 6.08. The molecule has 5 nitrogen and oxygen atoms in total. The molecular weight excluding hydrogens is 518 g/mol. The van der Waals surface area contributed by atoms with Crippen LogP contribution >= 0.6 is 0 Å². The first kappa shape index (κ1) is 24.0. The molecule has 5 heteroatoms. The van der Waals surface area contributed by atoms with Crippen molar-refractivity contribution in [2.75, 3.05) is 0 Å². The van der Waals surface area contributed by atoms with Gasteiger partial charge in [0.05, 0.1) is 16.9 Å². The van der Waals surface area contributed by atoms with Crippen molar-refractivity contribution in [1.29, 1.82) is 0 Å². The summed E-state index contributed by atoms with van der Waals surface area (Å²) in [5.41, 5.74) is 9.22. The van der Waals surface area contributed by atoms with Gasteiger partial charge in [-0.2, -0.15) is 0 Å². The molecule has 0 aliphatic carbocycles. The number of phenolic OH excluding ortho intramolecular Hbond substituents is 1. The average molecular weight is 542 g/mol. The molecule has 3 heterocycles. The molecule has 0 aliphatic heterocycles. The summed E-state index contributed by atoms with van der Waals surface area (Å²) >= 11 is 0. The fourth-order valence-corrected chi connectivity index (χ4v) is 5.54. The summed E-state index contributed by atoms with van der Waals surface area (Å²) in [6.07, 6.45) is 0. The van der Waals surface area contributed by atoms with Gasteiger partial charge in [-0.25, -0.2) is 15.0 Å². The lowest BCUT2D eigenvalue weighted by Crippen LogP contribution is -1.95. The van der Waals surface area contributed by atoms with Crippen LogP contribution < -0.4 is 0 Å². The van der Waals surface area contributed by atoms with Crippen LogP contribution in [-0.4, -0.2) is 20.1 Å². The van der Waals surface area contributed by atoms with Gasteiger partial charge in [-0.3, -0.25) is 0 Å². The summed E-state index contributed by atoms with van der Waals surface area (Å²) in [5.74, 6) is 0.877. The first-order chi connectivity index (χ1) is 20.7. The zero-order chi connectivity index (χ0) is 28.0. The molecule has 0 radical (unpaired) electrons. The maximum atomic E-state index is 10.6. The predicted molar refractivity (Wildman–Crippen MR) is 168 cm³/mol. The van der Waals surface area contributed by atoms with E-state index in [4.69, 9.17) is 19.4 Å². The molecule has 0 saturated carbocycles. The Kier molecular flexibility index (Phi) is 5.54. The molecule has 5 aromatic carbocycles. The molecular formula is C37H23N3O2. The number of furan rings is 1. The van der Waals surface area contributed by atoms with E-state index in [9.17, 15) is 5.11 Å². The lowest BCUT2D eigenvalue weighted by Gasteiger charge is -2.11. The molecule has 0 unspecified atom stereocenters. The van der Waals surface area contributed by atoms with Crippen LogP contribution in [0.1, 0.15) is 0 Å². The highest BCUT2D eigenvalue weighted by Crippen LogP contribution is 2.40.